The molecule has 1 amide bonds. The highest BCUT2D eigenvalue weighted by atomic mass is 32.2. The van der Waals surface area contributed by atoms with Crippen molar-refractivity contribution < 1.29 is 13.2 Å². The third kappa shape index (κ3) is 3.22. The number of rotatable bonds is 5. The third-order valence-corrected chi connectivity index (χ3v) is 6.16. The van der Waals surface area contributed by atoms with Gasteiger partial charge in [0.2, 0.25) is 5.91 Å². The number of hydrogen-bond acceptors (Lipinski definition) is 5. The van der Waals surface area contributed by atoms with Gasteiger partial charge in [0.15, 0.2) is 0 Å². The Bertz CT molecular complexity index is 926. The largest absolute Gasteiger partial charge is 0.324 e. The molecule has 1 aromatic heterocycles. The molecule has 1 aromatic carbocycles. The molecule has 8 heteroatoms. The first kappa shape index (κ1) is 17.1. The minimum atomic E-state index is -3.90. The summed E-state index contributed by atoms with van der Waals surface area (Å²) < 4.78 is 26.6. The molecule has 0 aliphatic heterocycles. The van der Waals surface area contributed by atoms with Crippen LogP contribution < -0.4 is 10.0 Å². The molecule has 2 N–H and O–H groups in total. The molecule has 0 fully saturated rings. The number of fused-ring (bicyclic) bond motifs is 2. The Morgan fingerprint density at radius 3 is 2.23 bits per heavy atom. The van der Waals surface area contributed by atoms with E-state index in [0.29, 0.717) is 0 Å². The van der Waals surface area contributed by atoms with Crippen molar-refractivity contribution in [3.8, 4) is 0 Å². The van der Waals surface area contributed by atoms with Crippen LogP contribution in [-0.4, -0.2) is 30.8 Å². The van der Waals surface area contributed by atoms with Crippen molar-refractivity contribution in [2.45, 2.75) is 43.7 Å². The molecule has 2 aliphatic carbocycles. The Hall–Kier alpha value is -2.32. The Kier molecular flexibility index (Phi) is 4.46. The van der Waals surface area contributed by atoms with E-state index in [-0.39, 0.29) is 17.6 Å². The van der Waals surface area contributed by atoms with Gasteiger partial charge in [0, 0.05) is 18.1 Å². The van der Waals surface area contributed by atoms with Crippen molar-refractivity contribution in [2.75, 3.05) is 11.9 Å². The number of benzene rings is 1. The Labute approximate surface area is 152 Å². The van der Waals surface area contributed by atoms with Crippen LogP contribution in [0.3, 0.4) is 0 Å². The Morgan fingerprint density at radius 2 is 1.62 bits per heavy atom. The van der Waals surface area contributed by atoms with E-state index in [1.165, 1.54) is 40.7 Å². The molecule has 7 nitrogen and oxygen atoms in total. The maximum absolute atomic E-state index is 12.4. The molecule has 1 heterocycles. The van der Waals surface area contributed by atoms with E-state index in [1.54, 1.807) is 0 Å². The van der Waals surface area contributed by atoms with Crippen molar-refractivity contribution in [1.29, 1.82) is 0 Å². The second-order valence-corrected chi connectivity index (χ2v) is 8.30. The van der Waals surface area contributed by atoms with Gasteiger partial charge >= 0.3 is 0 Å². The zero-order valence-corrected chi connectivity index (χ0v) is 15.1. The highest BCUT2D eigenvalue weighted by Gasteiger charge is 2.25. The van der Waals surface area contributed by atoms with Crippen molar-refractivity contribution in [1.82, 2.24) is 14.7 Å². The maximum atomic E-state index is 12.4. The minimum Gasteiger partial charge on any atom is -0.324 e. The van der Waals surface area contributed by atoms with Gasteiger partial charge in [0.05, 0.1) is 6.54 Å². The lowest BCUT2D eigenvalue weighted by Crippen LogP contribution is -2.34. The summed E-state index contributed by atoms with van der Waals surface area (Å²) in [6.45, 7) is -0.348. The maximum Gasteiger partial charge on any atom is 0.276 e. The second kappa shape index (κ2) is 6.77. The molecule has 0 spiro atoms. The molecule has 26 heavy (non-hydrogen) atoms. The predicted molar refractivity (Wildman–Crippen MR) is 96.3 cm³/mol. The number of hydrogen-bond donors (Lipinski definition) is 2. The number of sulfonamides is 1. The first-order chi connectivity index (χ1) is 12.5. The molecule has 0 atom stereocenters. The van der Waals surface area contributed by atoms with E-state index >= 15 is 0 Å². The first-order valence-electron chi connectivity index (χ1n) is 8.77. The average molecular weight is 372 g/mol. The number of anilines is 1. The normalized spacial score (nSPS) is 15.5. The molecule has 0 bridgehead atoms. The summed E-state index contributed by atoms with van der Waals surface area (Å²) in [4.78, 5) is 19.8. The van der Waals surface area contributed by atoms with Gasteiger partial charge in [-0.05, 0) is 66.8 Å². The van der Waals surface area contributed by atoms with E-state index in [0.717, 1.165) is 44.2 Å². The highest BCUT2D eigenvalue weighted by molar-refractivity contribution is 7.89. The standard InChI is InChI=1S/C18H20N4O3S/c23-16(11-21-26(24,25)18-19-8-3-9-20-18)22-17-14-6-1-4-12(14)10-13-5-2-7-15(13)17/h3,8-10,21H,1-2,4-7,11H2,(H,22,23). The van der Waals surface area contributed by atoms with Gasteiger partial charge in [0.25, 0.3) is 15.2 Å². The molecular formula is C18H20N4O3S. The number of nitrogens with one attached hydrogen (secondary N) is 2. The number of amides is 1. The van der Waals surface area contributed by atoms with E-state index in [9.17, 15) is 13.2 Å². The van der Waals surface area contributed by atoms with Crippen LogP contribution in [0.15, 0.2) is 29.7 Å². The molecule has 136 valence electrons. The Morgan fingerprint density at radius 1 is 1.00 bits per heavy atom. The zero-order valence-electron chi connectivity index (χ0n) is 14.3. The molecule has 0 saturated carbocycles. The van der Waals surface area contributed by atoms with E-state index in [4.69, 9.17) is 0 Å². The smallest absolute Gasteiger partial charge is 0.276 e. The first-order valence-corrected chi connectivity index (χ1v) is 10.3. The number of carbonyl (C=O) groups is 1. The molecule has 4 rings (SSSR count). The van der Waals surface area contributed by atoms with Crippen molar-refractivity contribution in [3.05, 3.63) is 46.8 Å². The lowest BCUT2D eigenvalue weighted by atomic mass is 9.98. The Balaban J connectivity index is 1.50. The van der Waals surface area contributed by atoms with Crippen LogP contribution in [0.5, 0.6) is 0 Å². The third-order valence-electron chi connectivity index (χ3n) is 4.94. The topological polar surface area (TPSA) is 101 Å². The van der Waals surface area contributed by atoms with Crippen molar-refractivity contribution >= 4 is 21.6 Å². The molecule has 2 aromatic rings. The summed E-state index contributed by atoms with van der Waals surface area (Å²) >= 11 is 0. The van der Waals surface area contributed by atoms with Gasteiger partial charge in [-0.1, -0.05) is 6.07 Å². The summed E-state index contributed by atoms with van der Waals surface area (Å²) in [6.07, 6.45) is 8.89. The average Bonchev–Trinajstić information content (AvgIpc) is 3.30. The summed E-state index contributed by atoms with van der Waals surface area (Å²) in [7, 11) is -3.90. The summed E-state index contributed by atoms with van der Waals surface area (Å²) in [5.74, 6) is -0.376. The van der Waals surface area contributed by atoms with Crippen LogP contribution in [0.1, 0.15) is 35.1 Å². The van der Waals surface area contributed by atoms with E-state index in [2.05, 4.69) is 26.1 Å². The van der Waals surface area contributed by atoms with Gasteiger partial charge in [-0.15, -0.1) is 0 Å². The summed E-state index contributed by atoms with van der Waals surface area (Å²) in [6, 6.07) is 3.82. The number of nitrogens with zero attached hydrogens (tertiary/aromatic N) is 2. The van der Waals surface area contributed by atoms with Crippen LogP contribution in [0.25, 0.3) is 0 Å². The zero-order chi connectivity index (χ0) is 18.1. The van der Waals surface area contributed by atoms with Gasteiger partial charge in [0.1, 0.15) is 0 Å². The molecule has 0 saturated heterocycles. The number of aryl methyl sites for hydroxylation is 2. The highest BCUT2D eigenvalue weighted by Crippen LogP contribution is 2.38. The molecule has 0 radical (unpaired) electrons. The number of carbonyl (C=O) groups excluding carboxylic acids is 1. The summed E-state index contributed by atoms with van der Waals surface area (Å²) in [5, 5.41) is 2.62. The molecular weight excluding hydrogens is 352 g/mol. The van der Waals surface area contributed by atoms with Crippen molar-refractivity contribution in [2.24, 2.45) is 0 Å². The molecule has 0 unspecified atom stereocenters. The number of aromatic nitrogens is 2. The van der Waals surface area contributed by atoms with Crippen LogP contribution >= 0.6 is 0 Å². The van der Waals surface area contributed by atoms with Gasteiger partial charge < -0.3 is 5.32 Å². The fourth-order valence-electron chi connectivity index (χ4n) is 3.80. The van der Waals surface area contributed by atoms with Crippen LogP contribution in [0.2, 0.25) is 0 Å². The van der Waals surface area contributed by atoms with Gasteiger partial charge in [-0.2, -0.15) is 4.72 Å². The minimum absolute atomic E-state index is 0.339. The predicted octanol–water partition coefficient (Wildman–Crippen LogP) is 1.37. The summed E-state index contributed by atoms with van der Waals surface area (Å²) in [5.41, 5.74) is 5.98. The SMILES string of the molecule is O=C(CNS(=O)(=O)c1ncccn1)Nc1c2c(cc3c1CCC3)CCC2. The van der Waals surface area contributed by atoms with Crippen LogP contribution in [-0.2, 0) is 40.5 Å². The fraction of sp³-hybridized carbons (Fsp3) is 0.389. The van der Waals surface area contributed by atoms with Crippen LogP contribution in [0, 0.1) is 0 Å². The monoisotopic (exact) mass is 372 g/mol. The lowest BCUT2D eigenvalue weighted by Gasteiger charge is -2.16. The van der Waals surface area contributed by atoms with Gasteiger partial charge in [-0.3, -0.25) is 4.79 Å². The van der Waals surface area contributed by atoms with Gasteiger partial charge in [-0.25, -0.2) is 18.4 Å². The lowest BCUT2D eigenvalue weighted by molar-refractivity contribution is -0.115. The fourth-order valence-corrected chi connectivity index (χ4v) is 4.65. The van der Waals surface area contributed by atoms with E-state index < -0.39 is 10.0 Å². The quantitative estimate of drug-likeness (QED) is 0.772. The van der Waals surface area contributed by atoms with Crippen LogP contribution in [0.4, 0.5) is 5.69 Å². The second-order valence-electron chi connectivity index (χ2n) is 6.64. The van der Waals surface area contributed by atoms with Crippen molar-refractivity contribution in [3.63, 3.8) is 0 Å². The molecule has 2 aliphatic rings. The van der Waals surface area contributed by atoms with E-state index in [1.807, 2.05) is 0 Å².